The molecule has 0 heterocycles. The molecule has 10 heavy (non-hydrogen) atoms. The van der Waals surface area contributed by atoms with Crippen LogP contribution in [0.4, 0.5) is 0 Å². The fourth-order valence-electron chi connectivity index (χ4n) is 0.780. The van der Waals surface area contributed by atoms with E-state index < -0.39 is 0 Å². The second-order valence-electron chi connectivity index (χ2n) is 2.27. The van der Waals surface area contributed by atoms with Gasteiger partial charge in [0.2, 0.25) is 0 Å². The maximum atomic E-state index is 3.78. The van der Waals surface area contributed by atoms with Crippen LogP contribution in [0, 0.1) is 6.92 Å². The van der Waals surface area contributed by atoms with Crippen molar-refractivity contribution in [1.82, 2.24) is 0 Å². The molecule has 0 bridgehead atoms. The van der Waals surface area contributed by atoms with Gasteiger partial charge in [0.25, 0.3) is 0 Å². The molecule has 2 heteroatoms. The van der Waals surface area contributed by atoms with E-state index in [9.17, 15) is 0 Å². The van der Waals surface area contributed by atoms with E-state index in [1.165, 1.54) is 32.1 Å². The summed E-state index contributed by atoms with van der Waals surface area (Å²) in [5.74, 6) is 0. The van der Waals surface area contributed by atoms with Crippen molar-refractivity contribution in [2.45, 2.75) is 45.4 Å². The number of unbranched alkanes of at least 4 members (excludes halogenated alkanes) is 5. The summed E-state index contributed by atoms with van der Waals surface area (Å²) in [7, 11) is 0. The van der Waals surface area contributed by atoms with E-state index in [2.05, 4.69) is 13.8 Å². The van der Waals surface area contributed by atoms with Crippen molar-refractivity contribution >= 4 is 0 Å². The molecule has 0 N–H and O–H groups in total. The first kappa shape index (κ1) is 16.9. The molecule has 0 saturated carbocycles. The van der Waals surface area contributed by atoms with Crippen LogP contribution in [-0.2, 0) is 25.0 Å². The molecule has 0 aromatic rings. The van der Waals surface area contributed by atoms with Crippen LogP contribution in [-0.4, -0.2) is 0 Å². The zero-order valence-corrected chi connectivity index (χ0v) is 10.0. The summed E-state index contributed by atoms with van der Waals surface area (Å²) in [6.07, 6.45) is 7.98. The molecular formula is C8H17OZn-. The second-order valence-corrected chi connectivity index (χ2v) is 2.27. The van der Waals surface area contributed by atoms with Gasteiger partial charge in [-0.1, -0.05) is 39.0 Å². The van der Waals surface area contributed by atoms with E-state index in [1.54, 1.807) is 0 Å². The zero-order chi connectivity index (χ0) is 6.24. The average molecular weight is 195 g/mol. The Morgan fingerprint density at radius 1 is 1.00 bits per heavy atom. The van der Waals surface area contributed by atoms with Gasteiger partial charge in [-0.15, -0.1) is 0 Å². The van der Waals surface area contributed by atoms with Crippen molar-refractivity contribution < 1.29 is 25.0 Å². The number of hydrogen-bond acceptors (Lipinski definition) is 0. The van der Waals surface area contributed by atoms with Crippen LogP contribution in [0.3, 0.4) is 0 Å². The van der Waals surface area contributed by atoms with Crippen LogP contribution >= 0.6 is 0 Å². The van der Waals surface area contributed by atoms with Crippen LogP contribution in [0.1, 0.15) is 45.4 Å². The third-order valence-electron chi connectivity index (χ3n) is 1.35. The van der Waals surface area contributed by atoms with Gasteiger partial charge in [-0.25, -0.2) is 0 Å². The maximum absolute atomic E-state index is 3.78. The van der Waals surface area contributed by atoms with E-state index >= 15 is 0 Å². The normalized spacial score (nSPS) is 7.80. The van der Waals surface area contributed by atoms with Crippen LogP contribution in [0.15, 0.2) is 0 Å². The van der Waals surface area contributed by atoms with Crippen molar-refractivity contribution in [2.75, 3.05) is 0 Å². The first-order valence-corrected chi connectivity index (χ1v) is 3.71. The van der Waals surface area contributed by atoms with E-state index in [4.69, 9.17) is 0 Å². The van der Waals surface area contributed by atoms with E-state index in [-0.39, 0.29) is 25.0 Å². The summed E-state index contributed by atoms with van der Waals surface area (Å²) >= 11 is 0. The van der Waals surface area contributed by atoms with Crippen molar-refractivity contribution in [3.8, 4) is 0 Å². The van der Waals surface area contributed by atoms with Gasteiger partial charge in [-0.3, -0.25) is 0 Å². The molecule has 0 saturated heterocycles. The summed E-state index contributed by atoms with van der Waals surface area (Å²) in [5.41, 5.74) is 0. The molecule has 0 fully saturated rings. The second kappa shape index (κ2) is 16.3. The summed E-state index contributed by atoms with van der Waals surface area (Å²) in [5, 5.41) is 0. The first-order valence-electron chi connectivity index (χ1n) is 3.71. The van der Waals surface area contributed by atoms with Gasteiger partial charge in [0.15, 0.2) is 0 Å². The van der Waals surface area contributed by atoms with Gasteiger partial charge in [-0.05, 0) is 0 Å². The Morgan fingerprint density at radius 3 is 1.90 bits per heavy atom. The van der Waals surface area contributed by atoms with E-state index in [0.29, 0.717) is 0 Å². The molecule has 58 valence electrons. The van der Waals surface area contributed by atoms with Gasteiger partial charge < -0.3 is 12.4 Å². The monoisotopic (exact) mass is 193 g/mol. The predicted octanol–water partition coefficient (Wildman–Crippen LogP) is 3.06. The minimum Gasteiger partial charge on any atom is -2.00 e. The molecule has 0 aromatic heterocycles. The van der Waals surface area contributed by atoms with Crippen LogP contribution in [0.25, 0.3) is 0 Å². The molecule has 0 aliphatic rings. The Labute approximate surface area is 77.7 Å². The Balaban J connectivity index is -0.000000245. The van der Waals surface area contributed by atoms with Crippen molar-refractivity contribution in [3.63, 3.8) is 0 Å². The largest absolute Gasteiger partial charge is 2.00 e. The molecule has 0 spiro atoms. The van der Waals surface area contributed by atoms with Crippen molar-refractivity contribution in [2.24, 2.45) is 0 Å². The van der Waals surface area contributed by atoms with Crippen LogP contribution in [0.2, 0.25) is 0 Å². The van der Waals surface area contributed by atoms with Crippen LogP contribution in [0.5, 0.6) is 0 Å². The minimum absolute atomic E-state index is 0. The summed E-state index contributed by atoms with van der Waals surface area (Å²) < 4.78 is 0. The molecular weight excluding hydrogens is 177 g/mol. The standard InChI is InChI=1S/C8H17.O.Zn/c1-3-5-7-8-6-4-2;;/h1,3-8H2,2H3;;/q-1;-2;+2. The minimum atomic E-state index is 0. The van der Waals surface area contributed by atoms with Gasteiger partial charge >= 0.3 is 19.5 Å². The number of rotatable bonds is 5. The Morgan fingerprint density at radius 2 is 1.50 bits per heavy atom. The van der Waals surface area contributed by atoms with Crippen molar-refractivity contribution in [1.29, 1.82) is 0 Å². The third-order valence-corrected chi connectivity index (χ3v) is 1.35. The van der Waals surface area contributed by atoms with E-state index in [0.717, 1.165) is 6.42 Å². The topological polar surface area (TPSA) is 28.5 Å². The smallest absolute Gasteiger partial charge is 2.00 e. The number of hydrogen-bond donors (Lipinski definition) is 0. The van der Waals surface area contributed by atoms with Crippen LogP contribution < -0.4 is 0 Å². The molecule has 0 rings (SSSR count). The molecule has 0 aliphatic carbocycles. The molecule has 0 radical (unpaired) electrons. The molecule has 0 aromatic carbocycles. The summed E-state index contributed by atoms with van der Waals surface area (Å²) in [6.45, 7) is 6.02. The Bertz CT molecular complexity index is 34.2. The Kier molecular flexibility index (Phi) is 27.5. The van der Waals surface area contributed by atoms with Crippen molar-refractivity contribution in [3.05, 3.63) is 6.92 Å². The fourth-order valence-corrected chi connectivity index (χ4v) is 0.780. The average Bonchev–Trinajstić information content (AvgIpc) is 1.81. The predicted molar refractivity (Wildman–Crippen MR) is 39.4 cm³/mol. The van der Waals surface area contributed by atoms with E-state index in [1.807, 2.05) is 0 Å². The molecule has 0 amide bonds. The molecule has 0 atom stereocenters. The fraction of sp³-hybridized carbons (Fsp3) is 0.875. The van der Waals surface area contributed by atoms with Gasteiger partial charge in [0.1, 0.15) is 0 Å². The first-order chi connectivity index (χ1) is 3.91. The molecule has 0 aliphatic heterocycles. The summed E-state index contributed by atoms with van der Waals surface area (Å²) in [4.78, 5) is 0. The van der Waals surface area contributed by atoms with Gasteiger partial charge in [0.05, 0.1) is 0 Å². The SMILES string of the molecule is [CH2-]CCCCCCC.[O-2].[Zn+2]. The molecule has 0 unspecified atom stereocenters. The quantitative estimate of drug-likeness (QED) is 0.366. The van der Waals surface area contributed by atoms with Gasteiger partial charge in [-0.2, -0.15) is 6.42 Å². The summed E-state index contributed by atoms with van der Waals surface area (Å²) in [6, 6.07) is 0. The third kappa shape index (κ3) is 15.8. The molecule has 1 nitrogen and oxygen atoms in total. The Hall–Kier alpha value is 0.583. The zero-order valence-electron chi connectivity index (χ0n) is 7.07. The van der Waals surface area contributed by atoms with Gasteiger partial charge in [0, 0.05) is 0 Å². The maximum Gasteiger partial charge on any atom is 2.00 e.